The van der Waals surface area contributed by atoms with E-state index in [-0.39, 0.29) is 42.8 Å². The smallest absolute Gasteiger partial charge is 0.255 e. The number of carbonyl (C=O) groups excluding carboxylic acids is 3. The second kappa shape index (κ2) is 14.9. The summed E-state index contributed by atoms with van der Waals surface area (Å²) in [6.07, 6.45) is 5.67. The van der Waals surface area contributed by atoms with Gasteiger partial charge in [0.05, 0.1) is 23.6 Å². The van der Waals surface area contributed by atoms with Crippen LogP contribution in [-0.4, -0.2) is 61.4 Å². The van der Waals surface area contributed by atoms with Gasteiger partial charge in [-0.05, 0) is 86.8 Å². The first-order chi connectivity index (χ1) is 21.8. The van der Waals surface area contributed by atoms with Crippen LogP contribution in [0.25, 0.3) is 0 Å². The summed E-state index contributed by atoms with van der Waals surface area (Å²) in [5, 5.41) is 9.17. The lowest BCUT2D eigenvalue weighted by Crippen LogP contribution is -2.54. The third-order valence-corrected chi connectivity index (χ3v) is 8.51. The second-order valence-electron chi connectivity index (χ2n) is 12.1. The number of hydrogen-bond donors (Lipinski definition) is 3. The number of piperidine rings is 1. The number of likely N-dealkylation sites (tertiary alicyclic amines) is 1. The number of nitrogens with one attached hydrogen (secondary N) is 3. The van der Waals surface area contributed by atoms with Crippen LogP contribution < -0.4 is 25.4 Å². The van der Waals surface area contributed by atoms with Crippen molar-refractivity contribution in [3.63, 3.8) is 0 Å². The fraction of sp³-hybridized carbons (Fsp3) is 0.361. The van der Waals surface area contributed by atoms with Gasteiger partial charge in [0.15, 0.2) is 0 Å². The molecule has 3 N–H and O–H groups in total. The normalized spacial score (nSPS) is 19.8. The lowest BCUT2D eigenvalue weighted by Gasteiger charge is -2.41. The zero-order valence-corrected chi connectivity index (χ0v) is 26.0. The average Bonchev–Trinajstić information content (AvgIpc) is 3.04. The summed E-state index contributed by atoms with van der Waals surface area (Å²) in [6.45, 7) is 6.18. The second-order valence-corrected chi connectivity index (χ2v) is 12.1. The first kappa shape index (κ1) is 31.8. The molecule has 236 valence electrons. The number of carbonyl (C=O) groups is 3. The summed E-state index contributed by atoms with van der Waals surface area (Å²) < 4.78 is 11.9. The first-order valence-electron chi connectivity index (χ1n) is 15.6. The molecular weight excluding hydrogens is 568 g/mol. The van der Waals surface area contributed by atoms with Crippen molar-refractivity contribution in [2.45, 2.75) is 39.2 Å². The minimum absolute atomic E-state index is 0.00532. The molecule has 0 unspecified atom stereocenters. The van der Waals surface area contributed by atoms with E-state index in [0.29, 0.717) is 61.6 Å². The molecule has 45 heavy (non-hydrogen) atoms. The van der Waals surface area contributed by atoms with Gasteiger partial charge in [0.2, 0.25) is 11.8 Å². The first-order valence-corrected chi connectivity index (χ1v) is 15.6. The molecule has 2 heterocycles. The van der Waals surface area contributed by atoms with E-state index in [1.54, 1.807) is 12.1 Å². The van der Waals surface area contributed by atoms with Crippen molar-refractivity contribution >= 4 is 23.4 Å². The predicted molar refractivity (Wildman–Crippen MR) is 174 cm³/mol. The Balaban J connectivity index is 1.19. The van der Waals surface area contributed by atoms with Gasteiger partial charge in [-0.2, -0.15) is 0 Å². The number of hydrogen-bond acceptors (Lipinski definition) is 6. The minimum Gasteiger partial charge on any atom is -0.491 e. The zero-order chi connectivity index (χ0) is 31.6. The molecule has 9 nitrogen and oxygen atoms in total. The Morgan fingerprint density at radius 1 is 0.956 bits per heavy atom. The van der Waals surface area contributed by atoms with Gasteiger partial charge in [-0.25, -0.2) is 0 Å². The Bertz CT molecular complexity index is 1480. The van der Waals surface area contributed by atoms with Crippen LogP contribution in [0.1, 0.15) is 43.5 Å². The minimum atomic E-state index is -0.614. The highest BCUT2D eigenvalue weighted by Crippen LogP contribution is 2.36. The number of allylic oxidation sites excluding steroid dienone is 1. The summed E-state index contributed by atoms with van der Waals surface area (Å²) >= 11 is 0. The van der Waals surface area contributed by atoms with Crippen molar-refractivity contribution in [2.24, 2.45) is 11.3 Å². The van der Waals surface area contributed by atoms with Gasteiger partial charge in [0.1, 0.15) is 23.9 Å². The lowest BCUT2D eigenvalue weighted by atomic mass is 9.74. The highest BCUT2D eigenvalue weighted by molar-refractivity contribution is 5.97. The van der Waals surface area contributed by atoms with Gasteiger partial charge < -0.3 is 25.4 Å². The number of rotatable bonds is 6. The molecule has 2 aliphatic rings. The van der Waals surface area contributed by atoms with Crippen LogP contribution in [0, 0.1) is 11.3 Å². The predicted octanol–water partition coefficient (Wildman–Crippen LogP) is 5.41. The van der Waals surface area contributed by atoms with E-state index >= 15 is 0 Å². The van der Waals surface area contributed by atoms with Crippen molar-refractivity contribution in [3.8, 4) is 17.2 Å². The summed E-state index contributed by atoms with van der Waals surface area (Å²) in [6, 6.07) is 23.8. The summed E-state index contributed by atoms with van der Waals surface area (Å²) in [5.74, 6) is 1.76. The highest BCUT2D eigenvalue weighted by atomic mass is 16.5. The van der Waals surface area contributed by atoms with Gasteiger partial charge in [0, 0.05) is 12.2 Å². The number of ether oxygens (including phenoxy) is 2. The van der Waals surface area contributed by atoms with E-state index in [9.17, 15) is 14.4 Å². The van der Waals surface area contributed by atoms with Crippen molar-refractivity contribution in [2.75, 3.05) is 38.1 Å². The zero-order valence-electron chi connectivity index (χ0n) is 26.0. The van der Waals surface area contributed by atoms with E-state index < -0.39 is 5.41 Å². The summed E-state index contributed by atoms with van der Waals surface area (Å²) in [7, 11) is 0. The molecule has 3 aromatic carbocycles. The standard InChI is InChI=1S/C36H42N4O5/c1-26(2)31-25-44-32-13-7-6-12-30(32)34(42)37-21-9-8-18-36(35(43)39-31)19-22-40(23-20-36)24-33(41)38-27-14-16-29(17-15-27)45-28-10-4-3-5-11-28/h3-17,26,31H,18-25H2,1-2H3,(H,37,42)(H,38,41)(H,39,43)/b9-8+/t31-/m0/s1. The van der Waals surface area contributed by atoms with E-state index in [1.165, 1.54) is 0 Å². The van der Waals surface area contributed by atoms with Gasteiger partial charge in [-0.15, -0.1) is 0 Å². The quantitative estimate of drug-likeness (QED) is 0.322. The molecular formula is C36H42N4O5. The van der Waals surface area contributed by atoms with E-state index in [2.05, 4.69) is 20.9 Å². The van der Waals surface area contributed by atoms with Crippen LogP contribution in [0.15, 0.2) is 91.0 Å². The van der Waals surface area contributed by atoms with Gasteiger partial charge in [-0.1, -0.05) is 56.3 Å². The maximum Gasteiger partial charge on any atom is 0.255 e. The monoisotopic (exact) mass is 610 g/mol. The van der Waals surface area contributed by atoms with Crippen LogP contribution in [0.2, 0.25) is 0 Å². The molecule has 1 fully saturated rings. The van der Waals surface area contributed by atoms with E-state index in [4.69, 9.17) is 9.47 Å². The number of amides is 3. The molecule has 5 rings (SSSR count). The van der Waals surface area contributed by atoms with Crippen molar-refractivity contribution in [1.29, 1.82) is 0 Å². The molecule has 0 saturated carbocycles. The van der Waals surface area contributed by atoms with Crippen LogP contribution in [-0.2, 0) is 9.59 Å². The fourth-order valence-corrected chi connectivity index (χ4v) is 5.62. The molecule has 3 aromatic rings. The number of fused-ring (bicyclic) bond motifs is 1. The van der Waals surface area contributed by atoms with Crippen LogP contribution in [0.3, 0.4) is 0 Å². The molecule has 1 atom stereocenters. The molecule has 3 amide bonds. The Kier molecular flexibility index (Phi) is 10.5. The average molecular weight is 611 g/mol. The molecule has 9 heteroatoms. The number of nitrogens with zero attached hydrogens (tertiary/aromatic N) is 1. The fourth-order valence-electron chi connectivity index (χ4n) is 5.62. The largest absolute Gasteiger partial charge is 0.491 e. The topological polar surface area (TPSA) is 109 Å². The Hall–Kier alpha value is -4.63. The maximum absolute atomic E-state index is 13.9. The third-order valence-electron chi connectivity index (χ3n) is 8.51. The van der Waals surface area contributed by atoms with Gasteiger partial charge in [0.25, 0.3) is 5.91 Å². The number of para-hydroxylation sites is 2. The SMILES string of the molecule is CC(C)[C@@H]1COc2ccccc2C(=O)NC/C=C/CC2(CCN(CC(=O)Nc3ccc(Oc4ccccc4)cc3)CC2)C(=O)N1. The van der Waals surface area contributed by atoms with Gasteiger partial charge in [-0.3, -0.25) is 19.3 Å². The van der Waals surface area contributed by atoms with E-state index in [1.807, 2.05) is 92.7 Å². The van der Waals surface area contributed by atoms with Crippen molar-refractivity contribution in [3.05, 3.63) is 96.6 Å². The van der Waals surface area contributed by atoms with Crippen molar-refractivity contribution < 1.29 is 23.9 Å². The Labute approximate surface area is 265 Å². The molecule has 1 saturated heterocycles. The molecule has 1 spiro atoms. The van der Waals surface area contributed by atoms with Crippen LogP contribution >= 0.6 is 0 Å². The molecule has 2 aliphatic heterocycles. The van der Waals surface area contributed by atoms with Gasteiger partial charge >= 0.3 is 0 Å². The molecule has 0 radical (unpaired) electrons. The third kappa shape index (κ3) is 8.51. The number of benzene rings is 3. The highest BCUT2D eigenvalue weighted by Gasteiger charge is 2.41. The Morgan fingerprint density at radius 2 is 1.64 bits per heavy atom. The summed E-state index contributed by atoms with van der Waals surface area (Å²) in [5.41, 5.74) is 0.553. The lowest BCUT2D eigenvalue weighted by molar-refractivity contribution is -0.135. The van der Waals surface area contributed by atoms with Crippen LogP contribution in [0.5, 0.6) is 17.2 Å². The summed E-state index contributed by atoms with van der Waals surface area (Å²) in [4.78, 5) is 41.7. The molecule has 0 aromatic heterocycles. The number of anilines is 1. The molecule has 0 bridgehead atoms. The molecule has 0 aliphatic carbocycles. The maximum atomic E-state index is 13.9. The van der Waals surface area contributed by atoms with Crippen molar-refractivity contribution in [1.82, 2.24) is 15.5 Å². The van der Waals surface area contributed by atoms with Crippen LogP contribution in [0.4, 0.5) is 5.69 Å². The Morgan fingerprint density at radius 3 is 2.38 bits per heavy atom. The van der Waals surface area contributed by atoms with E-state index in [0.717, 1.165) is 5.75 Å².